The monoisotopic (exact) mass is 259 g/mol. The molecule has 0 fully saturated rings. The first kappa shape index (κ1) is 13.5. The molecule has 0 spiro atoms. The summed E-state index contributed by atoms with van der Waals surface area (Å²) in [6.07, 6.45) is 1.59. The Balaban J connectivity index is 2.11. The smallest absolute Gasteiger partial charge is 0.140 e. The van der Waals surface area contributed by atoms with Crippen LogP contribution in [0.25, 0.3) is 0 Å². The third-order valence-electron chi connectivity index (χ3n) is 3.22. The Labute approximate surface area is 114 Å². The summed E-state index contributed by atoms with van der Waals surface area (Å²) in [5.74, 6) is 0.970. The van der Waals surface area contributed by atoms with Crippen molar-refractivity contribution in [3.8, 4) is 0 Å². The van der Waals surface area contributed by atoms with Gasteiger partial charge < -0.3 is 5.73 Å². The summed E-state index contributed by atoms with van der Waals surface area (Å²) >= 11 is 0. The normalized spacial score (nSPS) is 11.4. The van der Waals surface area contributed by atoms with Gasteiger partial charge in [0.1, 0.15) is 12.2 Å². The predicted octanol–water partition coefficient (Wildman–Crippen LogP) is 1.81. The second-order valence-electron chi connectivity index (χ2n) is 5.04. The second-order valence-corrected chi connectivity index (χ2v) is 5.04. The van der Waals surface area contributed by atoms with Crippen molar-refractivity contribution in [3.63, 3.8) is 0 Å². The zero-order valence-electron chi connectivity index (χ0n) is 11.7. The van der Waals surface area contributed by atoms with Crippen LogP contribution in [0.1, 0.15) is 25.2 Å². The van der Waals surface area contributed by atoms with Crippen LogP contribution in [0.15, 0.2) is 30.6 Å². The summed E-state index contributed by atoms with van der Waals surface area (Å²) in [6.45, 7) is 6.00. The first-order valence-corrected chi connectivity index (χ1v) is 6.47. The summed E-state index contributed by atoms with van der Waals surface area (Å²) in [5.41, 5.74) is 7.85. The fraction of sp³-hybridized carbons (Fsp3) is 0.429. The highest BCUT2D eigenvalue weighted by atomic mass is 15.3. The maximum absolute atomic E-state index is 5.83. The van der Waals surface area contributed by atoms with Gasteiger partial charge in [0.05, 0.1) is 6.54 Å². The second kappa shape index (κ2) is 5.84. The van der Waals surface area contributed by atoms with E-state index in [1.54, 1.807) is 6.33 Å². The Kier molecular flexibility index (Phi) is 4.16. The Morgan fingerprint density at radius 1 is 1.32 bits per heavy atom. The molecule has 5 nitrogen and oxygen atoms in total. The molecule has 19 heavy (non-hydrogen) atoms. The average Bonchev–Trinajstić information content (AvgIpc) is 2.74. The van der Waals surface area contributed by atoms with E-state index in [2.05, 4.69) is 34.9 Å². The SMILES string of the molecule is CC(C)N(Cc1cccc(N)c1)Cc1ncnn1C. The molecule has 0 atom stereocenters. The lowest BCUT2D eigenvalue weighted by Crippen LogP contribution is -2.31. The Morgan fingerprint density at radius 3 is 2.68 bits per heavy atom. The summed E-state index contributed by atoms with van der Waals surface area (Å²) in [4.78, 5) is 6.63. The minimum Gasteiger partial charge on any atom is -0.399 e. The standard InChI is InChI=1S/C14H21N5/c1-11(2)19(9-14-16-10-17-18(14)3)8-12-5-4-6-13(15)7-12/h4-7,10-11H,8-9,15H2,1-3H3. The fourth-order valence-corrected chi connectivity index (χ4v) is 1.99. The topological polar surface area (TPSA) is 60.0 Å². The molecule has 0 bridgehead atoms. The molecular formula is C14H21N5. The van der Waals surface area contributed by atoms with Gasteiger partial charge in [-0.3, -0.25) is 9.58 Å². The van der Waals surface area contributed by atoms with Gasteiger partial charge in [0.25, 0.3) is 0 Å². The summed E-state index contributed by atoms with van der Waals surface area (Å²) in [7, 11) is 1.92. The Bertz CT molecular complexity index is 532. The quantitative estimate of drug-likeness (QED) is 0.832. The minimum atomic E-state index is 0.429. The summed E-state index contributed by atoms with van der Waals surface area (Å²) in [6, 6.07) is 8.45. The van der Waals surface area contributed by atoms with Crippen LogP contribution in [0.4, 0.5) is 5.69 Å². The molecule has 102 valence electrons. The lowest BCUT2D eigenvalue weighted by Gasteiger charge is -2.26. The summed E-state index contributed by atoms with van der Waals surface area (Å²) in [5, 5.41) is 4.11. The molecular weight excluding hydrogens is 238 g/mol. The molecule has 1 aromatic heterocycles. The highest BCUT2D eigenvalue weighted by molar-refractivity contribution is 5.40. The van der Waals surface area contributed by atoms with Crippen molar-refractivity contribution in [1.29, 1.82) is 0 Å². The molecule has 0 aliphatic heterocycles. The van der Waals surface area contributed by atoms with Crippen LogP contribution < -0.4 is 5.73 Å². The van der Waals surface area contributed by atoms with E-state index in [4.69, 9.17) is 5.73 Å². The molecule has 0 radical (unpaired) electrons. The van der Waals surface area contributed by atoms with E-state index in [-0.39, 0.29) is 0 Å². The highest BCUT2D eigenvalue weighted by Crippen LogP contribution is 2.13. The average molecular weight is 259 g/mol. The van der Waals surface area contributed by atoms with Crippen molar-refractivity contribution in [2.24, 2.45) is 7.05 Å². The van der Waals surface area contributed by atoms with Crippen molar-refractivity contribution in [1.82, 2.24) is 19.7 Å². The molecule has 1 aromatic carbocycles. The van der Waals surface area contributed by atoms with Gasteiger partial charge in [0, 0.05) is 25.3 Å². The van der Waals surface area contributed by atoms with Crippen molar-refractivity contribution in [2.75, 3.05) is 5.73 Å². The zero-order chi connectivity index (χ0) is 13.8. The third kappa shape index (κ3) is 3.54. The van der Waals surface area contributed by atoms with E-state index in [9.17, 15) is 0 Å². The molecule has 5 heteroatoms. The lowest BCUT2D eigenvalue weighted by atomic mass is 10.1. The van der Waals surface area contributed by atoms with E-state index in [0.29, 0.717) is 6.04 Å². The molecule has 0 amide bonds. The number of anilines is 1. The zero-order valence-corrected chi connectivity index (χ0v) is 11.7. The third-order valence-corrected chi connectivity index (χ3v) is 3.22. The van der Waals surface area contributed by atoms with Crippen molar-refractivity contribution >= 4 is 5.69 Å². The van der Waals surface area contributed by atoms with E-state index in [0.717, 1.165) is 24.6 Å². The highest BCUT2D eigenvalue weighted by Gasteiger charge is 2.13. The Hall–Kier alpha value is -1.88. The molecule has 1 heterocycles. The van der Waals surface area contributed by atoms with Crippen molar-refractivity contribution in [3.05, 3.63) is 42.0 Å². The summed E-state index contributed by atoms with van der Waals surface area (Å²) < 4.78 is 1.81. The van der Waals surface area contributed by atoms with Gasteiger partial charge in [0.15, 0.2) is 0 Å². The number of nitrogens with two attached hydrogens (primary N) is 1. The van der Waals surface area contributed by atoms with Crippen LogP contribution in [0.3, 0.4) is 0 Å². The van der Waals surface area contributed by atoms with Gasteiger partial charge in [-0.2, -0.15) is 5.10 Å². The molecule has 2 aromatic rings. The maximum Gasteiger partial charge on any atom is 0.140 e. The number of rotatable bonds is 5. The molecule has 2 rings (SSSR count). The molecule has 0 aliphatic carbocycles. The van der Waals surface area contributed by atoms with Crippen molar-refractivity contribution < 1.29 is 0 Å². The Morgan fingerprint density at radius 2 is 2.11 bits per heavy atom. The number of hydrogen-bond donors (Lipinski definition) is 1. The van der Waals surface area contributed by atoms with E-state index in [1.807, 2.05) is 29.9 Å². The predicted molar refractivity (Wildman–Crippen MR) is 76.2 cm³/mol. The van der Waals surface area contributed by atoms with Crippen LogP contribution in [0, 0.1) is 0 Å². The number of nitrogen functional groups attached to an aromatic ring is 1. The van der Waals surface area contributed by atoms with Gasteiger partial charge in [-0.25, -0.2) is 4.98 Å². The van der Waals surface area contributed by atoms with Crippen molar-refractivity contribution in [2.45, 2.75) is 33.0 Å². The number of nitrogens with zero attached hydrogens (tertiary/aromatic N) is 4. The number of benzene rings is 1. The maximum atomic E-state index is 5.83. The molecule has 0 aliphatic rings. The minimum absolute atomic E-state index is 0.429. The van der Waals surface area contributed by atoms with E-state index >= 15 is 0 Å². The fourth-order valence-electron chi connectivity index (χ4n) is 1.99. The van der Waals surface area contributed by atoms with Crippen LogP contribution in [-0.2, 0) is 20.1 Å². The van der Waals surface area contributed by atoms with Crippen LogP contribution in [0.5, 0.6) is 0 Å². The van der Waals surface area contributed by atoms with Crippen LogP contribution in [-0.4, -0.2) is 25.7 Å². The van der Waals surface area contributed by atoms with Gasteiger partial charge >= 0.3 is 0 Å². The van der Waals surface area contributed by atoms with E-state index < -0.39 is 0 Å². The van der Waals surface area contributed by atoms with Crippen LogP contribution in [0.2, 0.25) is 0 Å². The lowest BCUT2D eigenvalue weighted by molar-refractivity contribution is 0.196. The largest absolute Gasteiger partial charge is 0.399 e. The van der Waals surface area contributed by atoms with Gasteiger partial charge in [-0.05, 0) is 31.5 Å². The van der Waals surface area contributed by atoms with Gasteiger partial charge in [-0.1, -0.05) is 12.1 Å². The molecule has 0 saturated carbocycles. The van der Waals surface area contributed by atoms with Gasteiger partial charge in [-0.15, -0.1) is 0 Å². The molecule has 0 saturated heterocycles. The van der Waals surface area contributed by atoms with E-state index in [1.165, 1.54) is 5.56 Å². The van der Waals surface area contributed by atoms with Gasteiger partial charge in [0.2, 0.25) is 0 Å². The first-order chi connectivity index (χ1) is 9.06. The first-order valence-electron chi connectivity index (χ1n) is 6.47. The molecule has 2 N–H and O–H groups in total. The number of aromatic nitrogens is 3. The number of hydrogen-bond acceptors (Lipinski definition) is 4. The van der Waals surface area contributed by atoms with Crippen LogP contribution >= 0.6 is 0 Å². The number of aryl methyl sites for hydroxylation is 1. The molecule has 0 unspecified atom stereocenters.